The smallest absolute Gasteiger partial charge is 0.119 e. The van der Waals surface area contributed by atoms with E-state index < -0.39 is 6.10 Å². The Morgan fingerprint density at radius 1 is 1.10 bits per heavy atom. The van der Waals surface area contributed by atoms with Crippen molar-refractivity contribution >= 4 is 0 Å². The summed E-state index contributed by atoms with van der Waals surface area (Å²) in [7, 11) is 4.20. The van der Waals surface area contributed by atoms with Crippen LogP contribution in [0.25, 0.3) is 0 Å². The maximum absolute atomic E-state index is 10.4. The van der Waals surface area contributed by atoms with Gasteiger partial charge in [0.15, 0.2) is 0 Å². The van der Waals surface area contributed by atoms with Crippen LogP contribution in [-0.4, -0.2) is 54.3 Å². The first-order chi connectivity index (χ1) is 14.0. The van der Waals surface area contributed by atoms with Crippen molar-refractivity contribution in [2.24, 2.45) is 0 Å². The van der Waals surface area contributed by atoms with Gasteiger partial charge >= 0.3 is 0 Å². The lowest BCUT2D eigenvalue weighted by molar-refractivity contribution is 0.0561. The third-order valence-electron chi connectivity index (χ3n) is 5.71. The van der Waals surface area contributed by atoms with Crippen LogP contribution in [0, 0.1) is 6.92 Å². The van der Waals surface area contributed by atoms with Gasteiger partial charge in [0.05, 0.1) is 6.54 Å². The van der Waals surface area contributed by atoms with E-state index in [1.54, 1.807) is 0 Å². The lowest BCUT2D eigenvalue weighted by Crippen LogP contribution is -2.40. The lowest BCUT2D eigenvalue weighted by Gasteiger charge is -2.32. The van der Waals surface area contributed by atoms with Crippen LogP contribution in [0.15, 0.2) is 40.8 Å². The van der Waals surface area contributed by atoms with Crippen molar-refractivity contribution in [3.63, 3.8) is 0 Å². The predicted octanol–water partition coefficient (Wildman–Crippen LogP) is 4.22. The Bertz CT molecular complexity index is 739. The van der Waals surface area contributed by atoms with E-state index in [1.807, 2.05) is 31.2 Å². The van der Waals surface area contributed by atoms with Gasteiger partial charge in [0.2, 0.25) is 0 Å². The predicted molar refractivity (Wildman–Crippen MR) is 116 cm³/mol. The van der Waals surface area contributed by atoms with E-state index in [0.717, 1.165) is 30.4 Å². The number of hydrogen-bond donors (Lipinski definition) is 1. The zero-order chi connectivity index (χ0) is 20.6. The number of likely N-dealkylation sites (N-methyl/N-ethyl adjacent to an activating group) is 1. The standard InChI is InChI=1S/C24H36N2O3/c1-19-12-13-24(29-19)17-25(2)15-20-8-7-11-23(14-20)28-18-22(27)16-26(3)21-9-5-4-6-10-21/h7-8,11-14,21-22,27H,4-6,9-10,15-18H2,1-3H3/t22-/m1/s1. The lowest BCUT2D eigenvalue weighted by atomic mass is 9.94. The Morgan fingerprint density at radius 2 is 1.90 bits per heavy atom. The van der Waals surface area contributed by atoms with Crippen LogP contribution in [0.5, 0.6) is 5.75 Å². The van der Waals surface area contributed by atoms with Crippen LogP contribution in [0.1, 0.15) is 49.2 Å². The van der Waals surface area contributed by atoms with Gasteiger partial charge in [-0.3, -0.25) is 4.90 Å². The van der Waals surface area contributed by atoms with Crippen molar-refractivity contribution in [3.05, 3.63) is 53.5 Å². The fourth-order valence-electron chi connectivity index (χ4n) is 4.19. The summed E-state index contributed by atoms with van der Waals surface area (Å²) in [6, 6.07) is 12.7. The summed E-state index contributed by atoms with van der Waals surface area (Å²) in [5.74, 6) is 2.73. The summed E-state index contributed by atoms with van der Waals surface area (Å²) in [6.45, 7) is 4.53. The van der Waals surface area contributed by atoms with Gasteiger partial charge in [-0.05, 0) is 63.7 Å². The summed E-state index contributed by atoms with van der Waals surface area (Å²) in [5, 5.41) is 10.4. The molecule has 0 amide bonds. The second-order valence-electron chi connectivity index (χ2n) is 8.53. The maximum atomic E-state index is 10.4. The highest BCUT2D eigenvalue weighted by molar-refractivity contribution is 5.28. The summed E-state index contributed by atoms with van der Waals surface area (Å²) in [5.41, 5.74) is 1.18. The normalized spacial score (nSPS) is 16.5. The van der Waals surface area contributed by atoms with Crippen LogP contribution in [0.3, 0.4) is 0 Å². The average Bonchev–Trinajstić information content (AvgIpc) is 3.11. The minimum absolute atomic E-state index is 0.321. The van der Waals surface area contributed by atoms with Crippen molar-refractivity contribution < 1.29 is 14.3 Å². The Balaban J connectivity index is 1.43. The fourth-order valence-corrected chi connectivity index (χ4v) is 4.19. The highest BCUT2D eigenvalue weighted by Crippen LogP contribution is 2.22. The first kappa shape index (κ1) is 21.9. The van der Waals surface area contributed by atoms with E-state index in [0.29, 0.717) is 19.2 Å². The van der Waals surface area contributed by atoms with Crippen molar-refractivity contribution in [1.82, 2.24) is 9.80 Å². The summed E-state index contributed by atoms with van der Waals surface area (Å²) in [6.07, 6.45) is 5.98. The van der Waals surface area contributed by atoms with Crippen LogP contribution in [0.4, 0.5) is 0 Å². The monoisotopic (exact) mass is 400 g/mol. The molecule has 1 atom stereocenters. The van der Waals surface area contributed by atoms with Crippen molar-refractivity contribution in [1.29, 1.82) is 0 Å². The number of benzene rings is 1. The van der Waals surface area contributed by atoms with Crippen LogP contribution in [0.2, 0.25) is 0 Å². The minimum Gasteiger partial charge on any atom is -0.491 e. The van der Waals surface area contributed by atoms with E-state index in [2.05, 4.69) is 36.0 Å². The van der Waals surface area contributed by atoms with Gasteiger partial charge in [0.1, 0.15) is 30.0 Å². The van der Waals surface area contributed by atoms with E-state index in [9.17, 15) is 5.11 Å². The van der Waals surface area contributed by atoms with Crippen molar-refractivity contribution in [2.45, 2.75) is 64.3 Å². The molecule has 1 saturated carbocycles. The number of hydrogen-bond acceptors (Lipinski definition) is 5. The average molecular weight is 401 g/mol. The zero-order valence-corrected chi connectivity index (χ0v) is 18.1. The van der Waals surface area contributed by atoms with Crippen molar-refractivity contribution in [3.8, 4) is 5.75 Å². The van der Waals surface area contributed by atoms with Gasteiger partial charge in [0, 0.05) is 19.1 Å². The van der Waals surface area contributed by atoms with E-state index >= 15 is 0 Å². The fraction of sp³-hybridized carbons (Fsp3) is 0.583. The van der Waals surface area contributed by atoms with Crippen LogP contribution >= 0.6 is 0 Å². The third-order valence-corrected chi connectivity index (χ3v) is 5.71. The topological polar surface area (TPSA) is 49.1 Å². The molecular formula is C24H36N2O3. The first-order valence-corrected chi connectivity index (χ1v) is 10.8. The molecule has 2 aromatic rings. The largest absolute Gasteiger partial charge is 0.491 e. The SMILES string of the molecule is Cc1ccc(CN(C)Cc2cccc(OC[C@H](O)CN(C)C3CCCCC3)c2)o1. The first-order valence-electron chi connectivity index (χ1n) is 10.8. The Morgan fingerprint density at radius 3 is 2.62 bits per heavy atom. The molecule has 1 N–H and O–H groups in total. The van der Waals surface area contributed by atoms with Gasteiger partial charge in [-0.2, -0.15) is 0 Å². The molecule has 5 nitrogen and oxygen atoms in total. The number of ether oxygens (including phenoxy) is 1. The number of furan rings is 1. The minimum atomic E-state index is -0.476. The van der Waals surface area contributed by atoms with Gasteiger partial charge in [-0.25, -0.2) is 0 Å². The van der Waals surface area contributed by atoms with E-state index in [1.165, 1.54) is 37.7 Å². The summed E-state index contributed by atoms with van der Waals surface area (Å²) in [4.78, 5) is 4.51. The number of rotatable bonds is 10. The molecule has 0 radical (unpaired) electrons. The highest BCUT2D eigenvalue weighted by atomic mass is 16.5. The molecule has 0 spiro atoms. The molecule has 0 aliphatic heterocycles. The molecule has 1 heterocycles. The molecule has 160 valence electrons. The molecule has 1 aromatic heterocycles. The Labute approximate surface area is 175 Å². The van der Waals surface area contributed by atoms with Gasteiger partial charge in [-0.1, -0.05) is 31.4 Å². The quantitative estimate of drug-likeness (QED) is 0.647. The Kier molecular flexibility index (Phi) is 8.16. The Hall–Kier alpha value is -1.82. The molecule has 5 heteroatoms. The maximum Gasteiger partial charge on any atom is 0.119 e. The van der Waals surface area contributed by atoms with Gasteiger partial charge in [0.25, 0.3) is 0 Å². The van der Waals surface area contributed by atoms with Crippen LogP contribution in [-0.2, 0) is 13.1 Å². The van der Waals surface area contributed by atoms with Crippen molar-refractivity contribution in [2.75, 3.05) is 27.2 Å². The van der Waals surface area contributed by atoms with Crippen LogP contribution < -0.4 is 4.74 Å². The summed E-state index contributed by atoms with van der Waals surface area (Å²) >= 11 is 0. The second-order valence-corrected chi connectivity index (χ2v) is 8.53. The molecule has 3 rings (SSSR count). The number of nitrogens with zero attached hydrogens (tertiary/aromatic N) is 2. The van der Waals surface area contributed by atoms with E-state index in [-0.39, 0.29) is 0 Å². The summed E-state index contributed by atoms with van der Waals surface area (Å²) < 4.78 is 11.5. The molecule has 0 saturated heterocycles. The number of aryl methyl sites for hydroxylation is 1. The molecule has 1 aliphatic carbocycles. The number of aliphatic hydroxyl groups excluding tert-OH is 1. The van der Waals surface area contributed by atoms with E-state index in [4.69, 9.17) is 9.15 Å². The molecule has 1 aromatic carbocycles. The second kappa shape index (κ2) is 10.8. The number of aliphatic hydroxyl groups is 1. The molecule has 0 bridgehead atoms. The zero-order valence-electron chi connectivity index (χ0n) is 18.1. The molecular weight excluding hydrogens is 364 g/mol. The molecule has 29 heavy (non-hydrogen) atoms. The molecule has 1 fully saturated rings. The molecule has 1 aliphatic rings. The molecule has 0 unspecified atom stereocenters. The van der Waals surface area contributed by atoms with Gasteiger partial charge in [-0.15, -0.1) is 0 Å². The van der Waals surface area contributed by atoms with Gasteiger partial charge < -0.3 is 19.2 Å². The highest BCUT2D eigenvalue weighted by Gasteiger charge is 2.20. The third kappa shape index (κ3) is 7.18.